The number of nitriles is 1. The van der Waals surface area contributed by atoms with Gasteiger partial charge in [0.15, 0.2) is 17.3 Å². The number of hydrogen-bond donors (Lipinski definition) is 0. The van der Waals surface area contributed by atoms with Crippen LogP contribution in [0.3, 0.4) is 0 Å². The number of halogens is 2. The standard InChI is InChI=1S/C26H28F2N6O3/c1-5-18-14-33(24-23-20(32(4)25(35)31-24)9-8-17(12-29)30-23)15(3)13-34(18)19(6-2)16-7-10-21-22(11-16)37-26(27,28)36-21/h7-11,15,18-19H,5-6,13-14H2,1-4H3/t15-,18+,19?/m0/s1. The van der Waals surface area contributed by atoms with Gasteiger partial charge in [-0.1, -0.05) is 19.9 Å². The Morgan fingerprint density at radius 2 is 1.92 bits per heavy atom. The van der Waals surface area contributed by atoms with E-state index in [1.807, 2.05) is 6.07 Å². The predicted molar refractivity (Wildman–Crippen MR) is 133 cm³/mol. The van der Waals surface area contributed by atoms with Crippen LogP contribution < -0.4 is 20.1 Å². The van der Waals surface area contributed by atoms with Crippen LogP contribution in [0, 0.1) is 11.3 Å². The molecule has 3 atom stereocenters. The molecular formula is C26H28F2N6O3. The van der Waals surface area contributed by atoms with Gasteiger partial charge in [-0.15, -0.1) is 8.78 Å². The lowest BCUT2D eigenvalue weighted by molar-refractivity contribution is -0.286. The number of anilines is 1. The van der Waals surface area contributed by atoms with E-state index < -0.39 is 6.29 Å². The molecule has 1 aromatic carbocycles. The van der Waals surface area contributed by atoms with Crippen LogP contribution in [0.2, 0.25) is 0 Å². The Kier molecular flexibility index (Phi) is 6.23. The molecule has 3 aromatic rings. The molecule has 4 heterocycles. The van der Waals surface area contributed by atoms with Crippen molar-refractivity contribution in [2.45, 2.75) is 58.0 Å². The molecule has 0 spiro atoms. The van der Waals surface area contributed by atoms with E-state index >= 15 is 0 Å². The molecule has 2 aromatic heterocycles. The van der Waals surface area contributed by atoms with Crippen molar-refractivity contribution < 1.29 is 18.3 Å². The summed E-state index contributed by atoms with van der Waals surface area (Å²) in [6.45, 7) is 7.46. The van der Waals surface area contributed by atoms with Gasteiger partial charge in [0.25, 0.3) is 0 Å². The molecule has 11 heteroatoms. The largest absolute Gasteiger partial charge is 0.586 e. The van der Waals surface area contributed by atoms with Gasteiger partial charge in [-0.25, -0.2) is 9.78 Å². The van der Waals surface area contributed by atoms with E-state index in [4.69, 9.17) is 4.74 Å². The third kappa shape index (κ3) is 4.35. The summed E-state index contributed by atoms with van der Waals surface area (Å²) in [6.07, 6.45) is -2.07. The lowest BCUT2D eigenvalue weighted by atomic mass is 9.95. The lowest BCUT2D eigenvalue weighted by Gasteiger charge is -2.49. The molecule has 37 heavy (non-hydrogen) atoms. The summed E-state index contributed by atoms with van der Waals surface area (Å²) < 4.78 is 37.8. The third-order valence-electron chi connectivity index (χ3n) is 7.27. The molecule has 0 aliphatic carbocycles. The van der Waals surface area contributed by atoms with Crippen molar-refractivity contribution in [2.75, 3.05) is 18.0 Å². The number of piperazine rings is 1. The molecule has 0 amide bonds. The van der Waals surface area contributed by atoms with Gasteiger partial charge in [-0.05, 0) is 49.6 Å². The fourth-order valence-electron chi connectivity index (χ4n) is 5.41. The molecule has 2 aliphatic heterocycles. The number of aromatic nitrogens is 3. The third-order valence-corrected chi connectivity index (χ3v) is 7.27. The Hall–Kier alpha value is -3.78. The van der Waals surface area contributed by atoms with Crippen LogP contribution in [-0.4, -0.2) is 50.9 Å². The minimum absolute atomic E-state index is 0.0293. The first kappa shape index (κ1) is 24.9. The first-order chi connectivity index (χ1) is 17.7. The van der Waals surface area contributed by atoms with Crippen molar-refractivity contribution in [2.24, 2.45) is 7.05 Å². The monoisotopic (exact) mass is 510 g/mol. The second kappa shape index (κ2) is 9.27. The number of pyridine rings is 1. The molecule has 9 nitrogen and oxygen atoms in total. The van der Waals surface area contributed by atoms with E-state index in [1.54, 1.807) is 25.2 Å². The average molecular weight is 511 g/mol. The van der Waals surface area contributed by atoms with Gasteiger partial charge in [0.2, 0.25) is 0 Å². The highest BCUT2D eigenvalue weighted by atomic mass is 19.3. The number of alkyl halides is 2. The second-order valence-corrected chi connectivity index (χ2v) is 9.51. The Bertz CT molecular complexity index is 1450. The molecule has 2 aliphatic rings. The Balaban J connectivity index is 1.49. The van der Waals surface area contributed by atoms with E-state index in [0.717, 1.165) is 18.4 Å². The second-order valence-electron chi connectivity index (χ2n) is 9.51. The molecule has 1 unspecified atom stereocenters. The van der Waals surface area contributed by atoms with Crippen molar-refractivity contribution in [3.8, 4) is 17.6 Å². The van der Waals surface area contributed by atoms with Gasteiger partial charge >= 0.3 is 12.0 Å². The summed E-state index contributed by atoms with van der Waals surface area (Å²) in [4.78, 5) is 26.0. The summed E-state index contributed by atoms with van der Waals surface area (Å²) >= 11 is 0. The average Bonchev–Trinajstić information content (AvgIpc) is 3.19. The van der Waals surface area contributed by atoms with E-state index in [0.29, 0.717) is 29.9 Å². The van der Waals surface area contributed by atoms with Crippen LogP contribution in [0.5, 0.6) is 11.5 Å². The number of nitrogens with zero attached hydrogens (tertiary/aromatic N) is 6. The molecule has 0 radical (unpaired) electrons. The van der Waals surface area contributed by atoms with Crippen LogP contribution in [0.4, 0.5) is 14.6 Å². The minimum atomic E-state index is -3.66. The molecule has 1 fully saturated rings. The zero-order valence-corrected chi connectivity index (χ0v) is 21.1. The first-order valence-corrected chi connectivity index (χ1v) is 12.4. The Morgan fingerprint density at radius 1 is 1.16 bits per heavy atom. The lowest BCUT2D eigenvalue weighted by Crippen LogP contribution is -2.58. The van der Waals surface area contributed by atoms with Gasteiger partial charge in [0.05, 0.1) is 5.52 Å². The number of benzene rings is 1. The number of rotatable bonds is 5. The minimum Gasteiger partial charge on any atom is -0.395 e. The zero-order valence-electron chi connectivity index (χ0n) is 21.1. The van der Waals surface area contributed by atoms with Gasteiger partial charge in [0, 0.05) is 38.3 Å². The zero-order chi connectivity index (χ0) is 26.5. The van der Waals surface area contributed by atoms with Crippen LogP contribution in [0.1, 0.15) is 50.9 Å². The van der Waals surface area contributed by atoms with E-state index in [-0.39, 0.29) is 41.0 Å². The van der Waals surface area contributed by atoms with Crippen LogP contribution in [0.15, 0.2) is 35.1 Å². The van der Waals surface area contributed by atoms with Crippen molar-refractivity contribution >= 4 is 16.9 Å². The first-order valence-electron chi connectivity index (χ1n) is 12.4. The summed E-state index contributed by atoms with van der Waals surface area (Å²) in [5, 5.41) is 9.39. The molecular weight excluding hydrogens is 482 g/mol. The van der Waals surface area contributed by atoms with E-state index in [2.05, 4.69) is 51.3 Å². The topological polar surface area (TPSA) is 96.5 Å². The van der Waals surface area contributed by atoms with Crippen LogP contribution in [-0.2, 0) is 7.05 Å². The fraction of sp³-hybridized carbons (Fsp3) is 0.462. The summed E-state index contributed by atoms with van der Waals surface area (Å²) in [5.74, 6) is 0.539. The number of hydrogen-bond acceptors (Lipinski definition) is 8. The van der Waals surface area contributed by atoms with Gasteiger partial charge in [-0.3, -0.25) is 9.47 Å². The maximum absolute atomic E-state index is 13.6. The summed E-state index contributed by atoms with van der Waals surface area (Å²) in [7, 11) is 1.64. The van der Waals surface area contributed by atoms with Gasteiger partial charge in [0.1, 0.15) is 17.3 Å². The van der Waals surface area contributed by atoms with Gasteiger partial charge in [-0.2, -0.15) is 10.2 Å². The highest BCUT2D eigenvalue weighted by Crippen LogP contribution is 2.43. The van der Waals surface area contributed by atoms with Crippen LogP contribution >= 0.6 is 0 Å². The molecule has 0 N–H and O–H groups in total. The summed E-state index contributed by atoms with van der Waals surface area (Å²) in [6, 6.07) is 10.4. The Labute approximate surface area is 212 Å². The normalized spacial score (nSPS) is 21.7. The molecule has 1 saturated heterocycles. The molecule has 5 rings (SSSR count). The van der Waals surface area contributed by atoms with Crippen LogP contribution in [0.25, 0.3) is 11.0 Å². The fourth-order valence-corrected chi connectivity index (χ4v) is 5.41. The van der Waals surface area contributed by atoms with Crippen molar-refractivity contribution in [1.82, 2.24) is 19.4 Å². The van der Waals surface area contributed by atoms with E-state index in [1.165, 1.54) is 10.6 Å². The maximum Gasteiger partial charge on any atom is 0.586 e. The number of ether oxygens (including phenoxy) is 2. The quantitative estimate of drug-likeness (QED) is 0.509. The molecule has 0 saturated carbocycles. The highest BCUT2D eigenvalue weighted by Gasteiger charge is 2.44. The molecule has 0 bridgehead atoms. The van der Waals surface area contributed by atoms with Gasteiger partial charge < -0.3 is 14.4 Å². The van der Waals surface area contributed by atoms with E-state index in [9.17, 15) is 18.8 Å². The summed E-state index contributed by atoms with van der Waals surface area (Å²) in [5.41, 5.74) is 1.87. The highest BCUT2D eigenvalue weighted by molar-refractivity contribution is 5.86. The smallest absolute Gasteiger partial charge is 0.395 e. The molecule has 194 valence electrons. The predicted octanol–water partition coefficient (Wildman–Crippen LogP) is 3.96. The van der Waals surface area contributed by atoms with Crippen molar-refractivity contribution in [3.63, 3.8) is 0 Å². The van der Waals surface area contributed by atoms with Crippen molar-refractivity contribution in [3.05, 3.63) is 52.1 Å². The number of aryl methyl sites for hydroxylation is 1. The number of fused-ring (bicyclic) bond motifs is 2. The Morgan fingerprint density at radius 3 is 2.62 bits per heavy atom. The SMILES string of the molecule is CCC(c1ccc2c(c1)OC(F)(F)O2)N1C[C@H](C)N(c2nc(=O)n(C)c3ccc(C#N)nc23)C[C@H]1CC. The maximum atomic E-state index is 13.6. The van der Waals surface area contributed by atoms with Crippen molar-refractivity contribution in [1.29, 1.82) is 5.26 Å².